The van der Waals surface area contributed by atoms with E-state index in [1.54, 1.807) is 12.1 Å². The van der Waals surface area contributed by atoms with E-state index in [0.717, 1.165) is 63.5 Å². The molecule has 1 aliphatic heterocycles. The zero-order valence-electron chi connectivity index (χ0n) is 19.7. The first kappa shape index (κ1) is 24.7. The zero-order valence-corrected chi connectivity index (χ0v) is 19.7. The van der Waals surface area contributed by atoms with Crippen molar-refractivity contribution in [3.63, 3.8) is 0 Å². The van der Waals surface area contributed by atoms with Crippen LogP contribution in [0.1, 0.15) is 70.3 Å². The lowest BCUT2D eigenvalue weighted by Crippen LogP contribution is -2.50. The van der Waals surface area contributed by atoms with Crippen LogP contribution in [0.3, 0.4) is 0 Å². The molecule has 1 aromatic rings. The maximum Gasteiger partial charge on any atom is 0.222 e. The summed E-state index contributed by atoms with van der Waals surface area (Å²) >= 11 is 0. The fraction of sp³-hybridized carbons (Fsp3) is 0.692. The lowest BCUT2D eigenvalue weighted by Gasteiger charge is -2.36. The molecule has 1 aliphatic carbocycles. The van der Waals surface area contributed by atoms with E-state index in [2.05, 4.69) is 11.8 Å². The quantitative estimate of drug-likeness (QED) is 0.505. The van der Waals surface area contributed by atoms with Crippen LogP contribution in [0.2, 0.25) is 0 Å². The van der Waals surface area contributed by atoms with Crippen LogP contribution in [0.4, 0.5) is 4.39 Å². The number of unbranched alkanes of at least 4 members (excludes halogenated alkanes) is 1. The van der Waals surface area contributed by atoms with E-state index in [1.165, 1.54) is 37.8 Å². The highest BCUT2D eigenvalue weighted by atomic mass is 19.1. The van der Waals surface area contributed by atoms with Crippen molar-refractivity contribution in [2.24, 2.45) is 5.92 Å². The number of amides is 2. The lowest BCUT2D eigenvalue weighted by molar-refractivity contribution is -0.133. The summed E-state index contributed by atoms with van der Waals surface area (Å²) < 4.78 is 13.2. The summed E-state index contributed by atoms with van der Waals surface area (Å²) in [6.45, 7) is 7.37. The Morgan fingerprint density at radius 2 is 1.72 bits per heavy atom. The molecule has 0 N–H and O–H groups in total. The molecule has 178 valence electrons. The number of rotatable bonds is 11. The summed E-state index contributed by atoms with van der Waals surface area (Å²) in [6, 6.07) is 6.41. The van der Waals surface area contributed by atoms with Crippen LogP contribution in [0.5, 0.6) is 0 Å². The molecule has 0 spiro atoms. The molecule has 3 rings (SSSR count). The largest absolute Gasteiger partial charge is 0.340 e. The predicted molar refractivity (Wildman–Crippen MR) is 126 cm³/mol. The first-order chi connectivity index (χ1) is 15.5. The molecule has 6 heteroatoms. The molecule has 1 aromatic carbocycles. The maximum atomic E-state index is 13.2. The molecule has 2 aliphatic rings. The minimum Gasteiger partial charge on any atom is -0.340 e. The smallest absolute Gasteiger partial charge is 0.222 e. The van der Waals surface area contributed by atoms with Crippen molar-refractivity contribution >= 4 is 11.8 Å². The highest BCUT2D eigenvalue weighted by molar-refractivity contribution is 5.76. The molecule has 0 unspecified atom stereocenters. The third-order valence-electron chi connectivity index (χ3n) is 7.04. The number of carbonyl (C=O) groups excluding carboxylic acids is 2. The molecule has 0 bridgehead atoms. The second-order valence-electron chi connectivity index (χ2n) is 9.46. The molecule has 32 heavy (non-hydrogen) atoms. The van der Waals surface area contributed by atoms with Gasteiger partial charge in [-0.1, -0.05) is 51.2 Å². The minimum atomic E-state index is -0.256. The van der Waals surface area contributed by atoms with Gasteiger partial charge in [-0.25, -0.2) is 4.39 Å². The molecule has 2 fully saturated rings. The fourth-order valence-electron chi connectivity index (χ4n) is 4.86. The van der Waals surface area contributed by atoms with Gasteiger partial charge >= 0.3 is 0 Å². The molecular weight excluding hydrogens is 405 g/mol. The van der Waals surface area contributed by atoms with Gasteiger partial charge in [-0.2, -0.15) is 0 Å². The van der Waals surface area contributed by atoms with Crippen LogP contribution in [0, 0.1) is 11.7 Å². The lowest BCUT2D eigenvalue weighted by atomic mass is 10.0. The number of carbonyl (C=O) groups is 2. The van der Waals surface area contributed by atoms with E-state index in [-0.39, 0.29) is 11.7 Å². The van der Waals surface area contributed by atoms with Gasteiger partial charge in [0.25, 0.3) is 0 Å². The highest BCUT2D eigenvalue weighted by Crippen LogP contribution is 2.28. The first-order valence-electron chi connectivity index (χ1n) is 12.6. The highest BCUT2D eigenvalue weighted by Gasteiger charge is 2.23. The number of hydrogen-bond acceptors (Lipinski definition) is 3. The predicted octanol–water partition coefficient (Wildman–Crippen LogP) is 4.46. The number of hydrogen-bond donors (Lipinski definition) is 0. The van der Waals surface area contributed by atoms with E-state index in [9.17, 15) is 14.0 Å². The number of nitrogens with zero attached hydrogens (tertiary/aromatic N) is 3. The second kappa shape index (κ2) is 12.9. The second-order valence-corrected chi connectivity index (χ2v) is 9.46. The van der Waals surface area contributed by atoms with Crippen LogP contribution in [-0.2, 0) is 16.1 Å². The zero-order chi connectivity index (χ0) is 22.8. The summed E-state index contributed by atoms with van der Waals surface area (Å²) in [7, 11) is 0. The standard InChI is InChI=1S/C26H40FN3O2/c1-2-3-8-25(31)30(21-23-9-12-24(27)13-10-23)20-17-28-15-18-29(19-16-28)26(32)14-11-22-6-4-5-7-22/h9-10,12-13,22H,2-8,11,14-21H2,1H3. The van der Waals surface area contributed by atoms with Gasteiger partial charge in [-0.15, -0.1) is 0 Å². The molecular formula is C26H40FN3O2. The normalized spacial score (nSPS) is 17.6. The van der Waals surface area contributed by atoms with E-state index in [1.807, 2.05) is 9.80 Å². The molecule has 2 amide bonds. The third kappa shape index (κ3) is 7.88. The molecule has 1 saturated heterocycles. The first-order valence-corrected chi connectivity index (χ1v) is 12.6. The van der Waals surface area contributed by atoms with E-state index in [4.69, 9.17) is 0 Å². The van der Waals surface area contributed by atoms with Crippen molar-refractivity contribution in [3.05, 3.63) is 35.6 Å². The maximum absolute atomic E-state index is 13.2. The Morgan fingerprint density at radius 1 is 1.03 bits per heavy atom. The Hall–Kier alpha value is -1.95. The molecule has 0 aromatic heterocycles. The molecule has 1 saturated carbocycles. The van der Waals surface area contributed by atoms with Crippen molar-refractivity contribution in [2.45, 2.75) is 71.3 Å². The summed E-state index contributed by atoms with van der Waals surface area (Å²) in [5.74, 6) is 0.979. The van der Waals surface area contributed by atoms with Gasteiger partial charge in [0.2, 0.25) is 11.8 Å². The summed E-state index contributed by atoms with van der Waals surface area (Å²) in [5.41, 5.74) is 0.953. The average Bonchev–Trinajstić information content (AvgIpc) is 3.34. The minimum absolute atomic E-state index is 0.164. The van der Waals surface area contributed by atoms with Crippen LogP contribution in [-0.4, -0.2) is 65.8 Å². The van der Waals surface area contributed by atoms with Crippen LogP contribution >= 0.6 is 0 Å². The van der Waals surface area contributed by atoms with E-state index < -0.39 is 0 Å². The molecule has 0 atom stereocenters. The number of benzene rings is 1. The summed E-state index contributed by atoms with van der Waals surface area (Å²) in [6.07, 6.45) is 9.44. The van der Waals surface area contributed by atoms with Gasteiger partial charge in [-0.3, -0.25) is 14.5 Å². The van der Waals surface area contributed by atoms with Crippen molar-refractivity contribution in [1.82, 2.24) is 14.7 Å². The van der Waals surface area contributed by atoms with Gasteiger partial charge in [0, 0.05) is 58.7 Å². The Labute approximate surface area is 192 Å². The molecule has 0 radical (unpaired) electrons. The number of piperazine rings is 1. The van der Waals surface area contributed by atoms with Crippen molar-refractivity contribution in [2.75, 3.05) is 39.3 Å². The van der Waals surface area contributed by atoms with E-state index in [0.29, 0.717) is 31.8 Å². The van der Waals surface area contributed by atoms with Gasteiger partial charge in [-0.05, 0) is 36.5 Å². The Kier molecular flexibility index (Phi) is 9.97. The Balaban J connectivity index is 1.43. The van der Waals surface area contributed by atoms with Crippen LogP contribution < -0.4 is 0 Å². The topological polar surface area (TPSA) is 43.9 Å². The number of halogens is 1. The van der Waals surface area contributed by atoms with Crippen LogP contribution in [0.15, 0.2) is 24.3 Å². The van der Waals surface area contributed by atoms with Gasteiger partial charge in [0.05, 0.1) is 0 Å². The average molecular weight is 446 g/mol. The Morgan fingerprint density at radius 3 is 2.38 bits per heavy atom. The fourth-order valence-corrected chi connectivity index (χ4v) is 4.86. The van der Waals surface area contributed by atoms with Gasteiger partial charge in [0.1, 0.15) is 5.82 Å². The summed E-state index contributed by atoms with van der Waals surface area (Å²) in [4.78, 5) is 31.6. The van der Waals surface area contributed by atoms with Crippen molar-refractivity contribution in [3.8, 4) is 0 Å². The molecule has 5 nitrogen and oxygen atoms in total. The monoisotopic (exact) mass is 445 g/mol. The van der Waals surface area contributed by atoms with Gasteiger partial charge < -0.3 is 9.80 Å². The SMILES string of the molecule is CCCCC(=O)N(CCN1CCN(C(=O)CCC2CCCC2)CC1)Cc1ccc(F)cc1. The Bertz CT molecular complexity index is 710. The van der Waals surface area contributed by atoms with Crippen LogP contribution in [0.25, 0.3) is 0 Å². The van der Waals surface area contributed by atoms with E-state index >= 15 is 0 Å². The van der Waals surface area contributed by atoms with Crippen molar-refractivity contribution in [1.29, 1.82) is 0 Å². The van der Waals surface area contributed by atoms with Crippen molar-refractivity contribution < 1.29 is 14.0 Å². The van der Waals surface area contributed by atoms with Gasteiger partial charge in [0.15, 0.2) is 0 Å². The third-order valence-corrected chi connectivity index (χ3v) is 7.04. The molecule has 1 heterocycles. The summed E-state index contributed by atoms with van der Waals surface area (Å²) in [5, 5.41) is 0.